The van der Waals surface area contributed by atoms with E-state index in [0.717, 1.165) is 11.1 Å². The monoisotopic (exact) mass is 336 g/mol. The lowest BCUT2D eigenvalue weighted by Gasteiger charge is -2.10. The summed E-state index contributed by atoms with van der Waals surface area (Å²) < 4.78 is 17.1. The third kappa shape index (κ3) is 3.41. The number of para-hydroxylation sites is 2. The summed E-state index contributed by atoms with van der Waals surface area (Å²) in [5.74, 6) is 2.17. The van der Waals surface area contributed by atoms with Crippen molar-refractivity contribution >= 4 is 0 Å². The number of fused-ring (bicyclic) bond motifs is 8. The van der Waals surface area contributed by atoms with Gasteiger partial charge in [-0.1, -0.05) is 24.3 Å². The highest BCUT2D eigenvalue weighted by Gasteiger charge is 2.14. The Labute approximate surface area is 144 Å². The van der Waals surface area contributed by atoms with Gasteiger partial charge in [0.1, 0.15) is 24.7 Å². The Morgan fingerprint density at radius 2 is 1.00 bits per heavy atom. The Kier molecular flexibility index (Phi) is 4.47. The average molecular weight is 336 g/mol. The van der Waals surface area contributed by atoms with Crippen LogP contribution in [0.5, 0.6) is 11.5 Å². The van der Waals surface area contributed by atoms with Gasteiger partial charge in [-0.15, -0.1) is 20.4 Å². The first-order valence-electron chi connectivity index (χ1n) is 8.01. The fraction of sp³-hybridized carbons (Fsp3) is 0.222. The van der Waals surface area contributed by atoms with E-state index < -0.39 is 0 Å². The largest absolute Gasteiger partial charge is 0.490 e. The second kappa shape index (κ2) is 7.23. The fourth-order valence-corrected chi connectivity index (χ4v) is 2.52. The summed E-state index contributed by atoms with van der Waals surface area (Å²) in [6.45, 7) is 1.78. The Morgan fingerprint density at radius 1 is 0.560 bits per heavy atom. The van der Waals surface area contributed by atoms with Crippen molar-refractivity contribution in [1.29, 1.82) is 0 Å². The van der Waals surface area contributed by atoms with E-state index in [1.165, 1.54) is 0 Å². The molecule has 5 rings (SSSR count). The summed E-state index contributed by atoms with van der Waals surface area (Å²) in [4.78, 5) is 0. The normalized spacial score (nSPS) is 14.2. The van der Waals surface area contributed by atoms with E-state index in [-0.39, 0.29) is 0 Å². The molecule has 3 aromatic rings. The molecule has 7 heteroatoms. The Bertz CT molecular complexity index is 784. The lowest BCUT2D eigenvalue weighted by molar-refractivity contribution is 0.0767. The van der Waals surface area contributed by atoms with Gasteiger partial charge in [0, 0.05) is 0 Å². The highest BCUT2D eigenvalue weighted by molar-refractivity contribution is 5.65. The molecule has 7 nitrogen and oxygen atoms in total. The zero-order valence-corrected chi connectivity index (χ0v) is 13.5. The van der Waals surface area contributed by atoms with Crippen molar-refractivity contribution in [2.75, 3.05) is 26.4 Å². The van der Waals surface area contributed by atoms with Crippen LogP contribution in [0, 0.1) is 0 Å². The quantitative estimate of drug-likeness (QED) is 0.583. The maximum absolute atomic E-state index is 5.78. The van der Waals surface area contributed by atoms with Gasteiger partial charge in [0.25, 0.3) is 0 Å². The van der Waals surface area contributed by atoms with Crippen molar-refractivity contribution < 1.29 is 14.2 Å². The molecule has 0 saturated carbocycles. The molecule has 2 aliphatic heterocycles. The Hall–Kier alpha value is -3.06. The molecule has 126 valence electrons. The van der Waals surface area contributed by atoms with Crippen LogP contribution in [0.1, 0.15) is 0 Å². The molecule has 0 atom stereocenters. The van der Waals surface area contributed by atoms with Gasteiger partial charge in [0.2, 0.25) is 11.6 Å². The van der Waals surface area contributed by atoms with Gasteiger partial charge in [-0.3, -0.25) is 0 Å². The van der Waals surface area contributed by atoms with Crippen molar-refractivity contribution in [2.24, 2.45) is 0 Å². The van der Waals surface area contributed by atoms with Crippen LogP contribution in [0.25, 0.3) is 22.8 Å². The summed E-state index contributed by atoms with van der Waals surface area (Å²) in [5.41, 5.74) is 1.49. The molecular weight excluding hydrogens is 320 g/mol. The molecule has 0 unspecified atom stereocenters. The first-order valence-corrected chi connectivity index (χ1v) is 8.01. The number of ether oxygens (including phenoxy) is 3. The fourth-order valence-electron chi connectivity index (χ4n) is 2.52. The standard InChI is InChI=1S/C18H16N4O3/c1-3-7-15-13(5-1)17-19-21-18(22-20-17)14-6-2-4-8-16(14)25-12-10-23-9-11-24-15/h1-8H,9-12H2. The second-order valence-electron chi connectivity index (χ2n) is 5.35. The zero-order valence-electron chi connectivity index (χ0n) is 13.5. The molecule has 0 radical (unpaired) electrons. The summed E-state index contributed by atoms with van der Waals surface area (Å²) in [6.07, 6.45) is 0. The summed E-state index contributed by atoms with van der Waals surface area (Å²) >= 11 is 0. The SMILES string of the molecule is c1ccc2c(c1)OCCOCCOc1ccccc1-c1nnc-2nn1. The summed E-state index contributed by atoms with van der Waals surface area (Å²) in [7, 11) is 0. The molecule has 2 bridgehead atoms. The molecule has 1 aromatic heterocycles. The molecule has 0 amide bonds. The van der Waals surface area contributed by atoms with Crippen LogP contribution < -0.4 is 9.47 Å². The van der Waals surface area contributed by atoms with Crippen molar-refractivity contribution in [1.82, 2.24) is 20.4 Å². The first kappa shape index (κ1) is 15.5. The van der Waals surface area contributed by atoms with Gasteiger partial charge < -0.3 is 14.2 Å². The molecular formula is C18H16N4O3. The summed E-state index contributed by atoms with van der Waals surface area (Å²) in [5, 5.41) is 16.9. The van der Waals surface area contributed by atoms with Gasteiger partial charge in [-0.2, -0.15) is 0 Å². The predicted molar refractivity (Wildman–Crippen MR) is 90.3 cm³/mol. The van der Waals surface area contributed by atoms with E-state index in [4.69, 9.17) is 14.2 Å². The number of rotatable bonds is 0. The van der Waals surface area contributed by atoms with E-state index in [2.05, 4.69) is 20.4 Å². The molecule has 3 heterocycles. The number of aromatic nitrogens is 4. The van der Waals surface area contributed by atoms with Gasteiger partial charge in [-0.05, 0) is 24.3 Å². The van der Waals surface area contributed by atoms with Gasteiger partial charge in [0.15, 0.2) is 0 Å². The van der Waals surface area contributed by atoms with Crippen molar-refractivity contribution in [3.8, 4) is 34.3 Å². The second-order valence-corrected chi connectivity index (χ2v) is 5.35. The van der Waals surface area contributed by atoms with Crippen LogP contribution in [-0.2, 0) is 4.74 Å². The van der Waals surface area contributed by atoms with Gasteiger partial charge in [-0.25, -0.2) is 0 Å². The van der Waals surface area contributed by atoms with Crippen molar-refractivity contribution in [3.63, 3.8) is 0 Å². The van der Waals surface area contributed by atoms with Crippen LogP contribution in [0.2, 0.25) is 0 Å². The van der Waals surface area contributed by atoms with E-state index >= 15 is 0 Å². The summed E-state index contributed by atoms with van der Waals surface area (Å²) in [6, 6.07) is 15.1. The highest BCUT2D eigenvalue weighted by Crippen LogP contribution is 2.29. The van der Waals surface area contributed by atoms with Crippen LogP contribution in [0.3, 0.4) is 0 Å². The third-order valence-corrected chi connectivity index (χ3v) is 3.71. The van der Waals surface area contributed by atoms with E-state index in [1.54, 1.807) is 0 Å². The smallest absolute Gasteiger partial charge is 0.207 e. The molecule has 0 aliphatic carbocycles. The Morgan fingerprint density at radius 3 is 1.48 bits per heavy atom. The van der Waals surface area contributed by atoms with Crippen LogP contribution >= 0.6 is 0 Å². The van der Waals surface area contributed by atoms with E-state index in [1.807, 2.05) is 48.5 Å². The van der Waals surface area contributed by atoms with Crippen molar-refractivity contribution in [3.05, 3.63) is 48.5 Å². The predicted octanol–water partition coefficient (Wildman–Crippen LogP) is 2.39. The molecule has 25 heavy (non-hydrogen) atoms. The van der Waals surface area contributed by atoms with Crippen molar-refractivity contribution in [2.45, 2.75) is 0 Å². The van der Waals surface area contributed by atoms with Crippen LogP contribution in [0.4, 0.5) is 0 Å². The van der Waals surface area contributed by atoms with Crippen LogP contribution in [-0.4, -0.2) is 46.8 Å². The number of hydrogen-bond donors (Lipinski definition) is 0. The maximum Gasteiger partial charge on any atom is 0.207 e. The zero-order chi connectivity index (χ0) is 16.9. The topological polar surface area (TPSA) is 79.2 Å². The maximum atomic E-state index is 5.78. The highest BCUT2D eigenvalue weighted by atomic mass is 16.5. The molecule has 0 fully saturated rings. The van der Waals surface area contributed by atoms with Crippen LogP contribution in [0.15, 0.2) is 48.5 Å². The van der Waals surface area contributed by atoms with Gasteiger partial charge >= 0.3 is 0 Å². The molecule has 0 saturated heterocycles. The number of benzene rings is 2. The molecule has 2 aromatic carbocycles. The Balaban J connectivity index is 1.76. The molecule has 0 spiro atoms. The third-order valence-electron chi connectivity index (χ3n) is 3.71. The first-order chi connectivity index (χ1) is 12.4. The lowest BCUT2D eigenvalue weighted by atomic mass is 10.2. The lowest BCUT2D eigenvalue weighted by Crippen LogP contribution is -2.12. The number of hydrogen-bond acceptors (Lipinski definition) is 7. The minimum absolute atomic E-state index is 0.411. The molecule has 0 N–H and O–H groups in total. The number of nitrogens with zero attached hydrogens (tertiary/aromatic N) is 4. The molecule has 2 aliphatic rings. The average Bonchev–Trinajstić information content (AvgIpc) is 2.68. The minimum Gasteiger partial charge on any atom is -0.490 e. The minimum atomic E-state index is 0.411. The van der Waals surface area contributed by atoms with E-state index in [9.17, 15) is 0 Å². The van der Waals surface area contributed by atoms with Gasteiger partial charge in [0.05, 0.1) is 24.3 Å². The van der Waals surface area contributed by atoms with E-state index in [0.29, 0.717) is 49.6 Å².